The number of hydrogen-bond donors (Lipinski definition) is 0. The molecule has 1 heterocycles. The Morgan fingerprint density at radius 3 is 2.81 bits per heavy atom. The van der Waals surface area contributed by atoms with Crippen molar-refractivity contribution in [3.8, 4) is 0 Å². The van der Waals surface area contributed by atoms with Gasteiger partial charge in [-0.3, -0.25) is 0 Å². The SMILES string of the molecule is O=C1OC(COCc2ccccc2)Cc2ccc(Cl)cc21. The normalized spacial score (nSPS) is 17.2. The number of carbonyl (C=O) groups is 1. The van der Waals surface area contributed by atoms with Crippen LogP contribution in [0.2, 0.25) is 5.02 Å². The van der Waals surface area contributed by atoms with Crippen LogP contribution in [0.15, 0.2) is 48.5 Å². The summed E-state index contributed by atoms with van der Waals surface area (Å²) in [5.41, 5.74) is 2.62. The summed E-state index contributed by atoms with van der Waals surface area (Å²) in [7, 11) is 0. The van der Waals surface area contributed by atoms with Crippen LogP contribution in [0.1, 0.15) is 21.5 Å². The molecule has 0 N–H and O–H groups in total. The molecule has 0 saturated heterocycles. The Hall–Kier alpha value is -1.84. The molecule has 21 heavy (non-hydrogen) atoms. The van der Waals surface area contributed by atoms with Crippen molar-refractivity contribution in [2.75, 3.05) is 6.61 Å². The lowest BCUT2D eigenvalue weighted by Crippen LogP contribution is -2.31. The molecule has 0 aliphatic carbocycles. The van der Waals surface area contributed by atoms with Crippen LogP contribution in [-0.2, 0) is 22.5 Å². The molecule has 3 nitrogen and oxygen atoms in total. The molecule has 2 aromatic carbocycles. The Balaban J connectivity index is 1.59. The number of benzene rings is 2. The predicted octanol–water partition coefficient (Wildman–Crippen LogP) is 3.64. The van der Waals surface area contributed by atoms with Gasteiger partial charge in [0.25, 0.3) is 0 Å². The maximum Gasteiger partial charge on any atom is 0.338 e. The summed E-state index contributed by atoms with van der Waals surface area (Å²) in [5, 5.41) is 0.546. The average Bonchev–Trinajstić information content (AvgIpc) is 2.49. The lowest BCUT2D eigenvalue weighted by atomic mass is 9.99. The van der Waals surface area contributed by atoms with Crippen molar-refractivity contribution in [3.63, 3.8) is 0 Å². The number of cyclic esters (lactones) is 1. The lowest BCUT2D eigenvalue weighted by molar-refractivity contribution is -0.0123. The number of ether oxygens (including phenoxy) is 2. The van der Waals surface area contributed by atoms with E-state index < -0.39 is 0 Å². The van der Waals surface area contributed by atoms with Gasteiger partial charge in [-0.15, -0.1) is 0 Å². The predicted molar refractivity (Wildman–Crippen MR) is 80.5 cm³/mol. The van der Waals surface area contributed by atoms with Crippen LogP contribution in [0.5, 0.6) is 0 Å². The van der Waals surface area contributed by atoms with E-state index in [9.17, 15) is 4.79 Å². The average molecular weight is 303 g/mol. The Labute approximate surface area is 128 Å². The number of carbonyl (C=O) groups excluding carboxylic acids is 1. The highest BCUT2D eigenvalue weighted by atomic mass is 35.5. The fraction of sp³-hybridized carbons (Fsp3) is 0.235. The van der Waals surface area contributed by atoms with Crippen molar-refractivity contribution in [2.45, 2.75) is 19.1 Å². The molecule has 0 radical (unpaired) electrons. The van der Waals surface area contributed by atoms with E-state index in [-0.39, 0.29) is 12.1 Å². The van der Waals surface area contributed by atoms with Crippen LogP contribution in [0.4, 0.5) is 0 Å². The van der Waals surface area contributed by atoms with E-state index >= 15 is 0 Å². The fourth-order valence-corrected chi connectivity index (χ4v) is 2.57. The van der Waals surface area contributed by atoms with Gasteiger partial charge in [0.1, 0.15) is 6.10 Å². The first-order chi connectivity index (χ1) is 10.2. The van der Waals surface area contributed by atoms with Crippen LogP contribution < -0.4 is 0 Å². The van der Waals surface area contributed by atoms with Gasteiger partial charge in [0, 0.05) is 11.4 Å². The molecule has 1 unspecified atom stereocenters. The molecule has 0 amide bonds. The maximum absolute atomic E-state index is 11.9. The third-order valence-corrected chi connectivity index (χ3v) is 3.66. The summed E-state index contributed by atoms with van der Waals surface area (Å²) < 4.78 is 11.0. The highest BCUT2D eigenvalue weighted by Crippen LogP contribution is 2.24. The first kappa shape index (κ1) is 14.1. The molecule has 1 aliphatic heterocycles. The highest BCUT2D eigenvalue weighted by Gasteiger charge is 2.26. The van der Waals surface area contributed by atoms with E-state index in [4.69, 9.17) is 21.1 Å². The molecule has 4 heteroatoms. The Morgan fingerprint density at radius 2 is 2.00 bits per heavy atom. The van der Waals surface area contributed by atoms with E-state index in [2.05, 4.69) is 0 Å². The van der Waals surface area contributed by atoms with E-state index in [0.29, 0.717) is 30.2 Å². The van der Waals surface area contributed by atoms with Crippen LogP contribution in [0.3, 0.4) is 0 Å². The fourth-order valence-electron chi connectivity index (χ4n) is 2.39. The van der Waals surface area contributed by atoms with Gasteiger partial charge in [0.15, 0.2) is 0 Å². The van der Waals surface area contributed by atoms with Gasteiger partial charge in [-0.05, 0) is 23.3 Å². The van der Waals surface area contributed by atoms with E-state index in [1.807, 2.05) is 36.4 Å². The van der Waals surface area contributed by atoms with Gasteiger partial charge in [-0.25, -0.2) is 4.79 Å². The Bertz CT molecular complexity index is 640. The summed E-state index contributed by atoms with van der Waals surface area (Å²) in [6, 6.07) is 15.2. The monoisotopic (exact) mass is 302 g/mol. The standard InChI is InChI=1S/C17H15ClO3/c18-14-7-6-13-8-15(21-17(19)16(13)9-14)11-20-10-12-4-2-1-3-5-12/h1-7,9,15H,8,10-11H2. The zero-order chi connectivity index (χ0) is 14.7. The third-order valence-electron chi connectivity index (χ3n) is 3.43. The van der Waals surface area contributed by atoms with Crippen molar-refractivity contribution in [2.24, 2.45) is 0 Å². The van der Waals surface area contributed by atoms with Gasteiger partial charge in [0.2, 0.25) is 0 Å². The molecule has 0 saturated carbocycles. The van der Waals surface area contributed by atoms with Crippen LogP contribution in [0.25, 0.3) is 0 Å². The molecule has 1 atom stereocenters. The van der Waals surface area contributed by atoms with Crippen molar-refractivity contribution in [1.29, 1.82) is 0 Å². The molecule has 108 valence electrons. The van der Waals surface area contributed by atoms with Gasteiger partial charge < -0.3 is 9.47 Å². The van der Waals surface area contributed by atoms with Gasteiger partial charge in [0.05, 0.1) is 18.8 Å². The largest absolute Gasteiger partial charge is 0.456 e. The second-order valence-electron chi connectivity index (χ2n) is 5.03. The summed E-state index contributed by atoms with van der Waals surface area (Å²) in [5.74, 6) is -0.327. The molecule has 0 aromatic heterocycles. The van der Waals surface area contributed by atoms with Crippen molar-refractivity contribution < 1.29 is 14.3 Å². The zero-order valence-corrected chi connectivity index (χ0v) is 12.2. The molecule has 2 aromatic rings. The third kappa shape index (κ3) is 3.43. The quantitative estimate of drug-likeness (QED) is 0.809. The summed E-state index contributed by atoms with van der Waals surface area (Å²) in [4.78, 5) is 11.9. The first-order valence-electron chi connectivity index (χ1n) is 6.83. The molecular formula is C17H15ClO3. The minimum atomic E-state index is -0.327. The summed E-state index contributed by atoms with van der Waals surface area (Å²) >= 11 is 5.90. The van der Waals surface area contributed by atoms with Crippen molar-refractivity contribution >= 4 is 17.6 Å². The second kappa shape index (κ2) is 6.29. The molecule has 0 fully saturated rings. The Morgan fingerprint density at radius 1 is 1.19 bits per heavy atom. The smallest absolute Gasteiger partial charge is 0.338 e. The lowest BCUT2D eigenvalue weighted by Gasteiger charge is -2.24. The first-order valence-corrected chi connectivity index (χ1v) is 7.21. The minimum Gasteiger partial charge on any atom is -0.456 e. The van der Waals surface area contributed by atoms with Crippen LogP contribution in [0, 0.1) is 0 Å². The number of esters is 1. The molecule has 0 bridgehead atoms. The maximum atomic E-state index is 11.9. The summed E-state index contributed by atoms with van der Waals surface area (Å²) in [6.45, 7) is 0.908. The number of rotatable bonds is 4. The van der Waals surface area contributed by atoms with Gasteiger partial charge >= 0.3 is 5.97 Å². The van der Waals surface area contributed by atoms with E-state index in [1.54, 1.807) is 12.1 Å². The molecule has 0 spiro atoms. The number of fused-ring (bicyclic) bond motifs is 1. The summed E-state index contributed by atoms with van der Waals surface area (Å²) in [6.07, 6.45) is 0.419. The second-order valence-corrected chi connectivity index (χ2v) is 5.47. The highest BCUT2D eigenvalue weighted by molar-refractivity contribution is 6.31. The van der Waals surface area contributed by atoms with Gasteiger partial charge in [-0.2, -0.15) is 0 Å². The zero-order valence-electron chi connectivity index (χ0n) is 11.4. The number of hydrogen-bond acceptors (Lipinski definition) is 3. The van der Waals surface area contributed by atoms with E-state index in [0.717, 1.165) is 11.1 Å². The Kier molecular flexibility index (Phi) is 4.23. The molecule has 1 aliphatic rings. The van der Waals surface area contributed by atoms with Gasteiger partial charge in [-0.1, -0.05) is 48.0 Å². The van der Waals surface area contributed by atoms with E-state index in [1.165, 1.54) is 0 Å². The minimum absolute atomic E-state index is 0.241. The van der Waals surface area contributed by atoms with Crippen molar-refractivity contribution in [3.05, 3.63) is 70.2 Å². The topological polar surface area (TPSA) is 35.5 Å². The van der Waals surface area contributed by atoms with Crippen LogP contribution in [-0.4, -0.2) is 18.7 Å². The number of halogens is 1. The van der Waals surface area contributed by atoms with Crippen LogP contribution >= 0.6 is 11.6 Å². The molecule has 3 rings (SSSR count). The van der Waals surface area contributed by atoms with Crippen molar-refractivity contribution in [1.82, 2.24) is 0 Å². The molecular weight excluding hydrogens is 288 g/mol.